The Morgan fingerprint density at radius 1 is 0.833 bits per heavy atom. The summed E-state index contributed by atoms with van der Waals surface area (Å²) < 4.78 is 7.61. The first-order chi connectivity index (χ1) is 11.8. The van der Waals surface area contributed by atoms with Gasteiger partial charge in [-0.2, -0.15) is 0 Å². The molecule has 1 heterocycles. The molecule has 3 aromatic carbocycles. The summed E-state index contributed by atoms with van der Waals surface area (Å²) in [6.45, 7) is 1.42. The van der Waals surface area contributed by atoms with Crippen LogP contribution in [0, 0.1) is 0 Å². The monoisotopic (exact) mass is 379 g/mol. The van der Waals surface area contributed by atoms with E-state index < -0.39 is 5.60 Å². The van der Waals surface area contributed by atoms with E-state index in [4.69, 9.17) is 4.74 Å². The van der Waals surface area contributed by atoms with Gasteiger partial charge in [-0.15, -0.1) is 0 Å². The standard InChI is InChI=1S/C21H18BrNO/c22-18-11-12-20-19(15-18)21(24-14-13-23-20,16-7-3-1-4-8-16)17-9-5-2-6-10-17/h1-12,15,23H,13-14H2. The van der Waals surface area contributed by atoms with Gasteiger partial charge in [-0.25, -0.2) is 0 Å². The third-order valence-electron chi connectivity index (χ3n) is 4.46. The minimum Gasteiger partial charge on any atom is -0.382 e. The highest BCUT2D eigenvalue weighted by Gasteiger charge is 2.40. The first-order valence-corrected chi connectivity index (χ1v) is 8.89. The molecule has 0 fully saturated rings. The van der Waals surface area contributed by atoms with Crippen molar-refractivity contribution in [2.75, 3.05) is 18.5 Å². The Kier molecular flexibility index (Phi) is 4.13. The van der Waals surface area contributed by atoms with Crippen LogP contribution in [0.15, 0.2) is 83.3 Å². The van der Waals surface area contributed by atoms with Crippen LogP contribution in [0.25, 0.3) is 0 Å². The molecule has 0 saturated carbocycles. The van der Waals surface area contributed by atoms with Gasteiger partial charge in [0, 0.05) is 22.3 Å². The fourth-order valence-corrected chi connectivity index (χ4v) is 3.78. The van der Waals surface area contributed by atoms with Crippen molar-refractivity contribution < 1.29 is 4.74 Å². The van der Waals surface area contributed by atoms with Crippen LogP contribution in [0.2, 0.25) is 0 Å². The molecule has 3 heteroatoms. The largest absolute Gasteiger partial charge is 0.382 e. The fraction of sp³-hybridized carbons (Fsp3) is 0.143. The first kappa shape index (κ1) is 15.4. The van der Waals surface area contributed by atoms with Crippen LogP contribution in [0.5, 0.6) is 0 Å². The molecular formula is C21H18BrNO. The molecule has 3 aromatic rings. The zero-order valence-corrected chi connectivity index (χ0v) is 14.8. The number of nitrogens with one attached hydrogen (secondary N) is 1. The molecule has 1 aliphatic heterocycles. The van der Waals surface area contributed by atoms with Gasteiger partial charge in [-0.05, 0) is 29.3 Å². The Bertz CT molecular complexity index is 793. The van der Waals surface area contributed by atoms with E-state index in [1.807, 2.05) is 12.1 Å². The fourth-order valence-electron chi connectivity index (χ4n) is 3.42. The SMILES string of the molecule is Brc1ccc2c(c1)C(c1ccccc1)(c1ccccc1)OCCN2. The Labute approximate surface area is 150 Å². The zero-order chi connectivity index (χ0) is 16.4. The summed E-state index contributed by atoms with van der Waals surface area (Å²) >= 11 is 3.63. The number of halogens is 1. The molecule has 0 aliphatic carbocycles. The van der Waals surface area contributed by atoms with E-state index in [0.29, 0.717) is 6.61 Å². The number of fused-ring (bicyclic) bond motifs is 1. The van der Waals surface area contributed by atoms with E-state index in [-0.39, 0.29) is 0 Å². The maximum atomic E-state index is 6.56. The molecule has 0 atom stereocenters. The van der Waals surface area contributed by atoms with E-state index in [1.54, 1.807) is 0 Å². The van der Waals surface area contributed by atoms with Crippen molar-refractivity contribution in [2.45, 2.75) is 5.60 Å². The second-order valence-electron chi connectivity index (χ2n) is 5.88. The van der Waals surface area contributed by atoms with Gasteiger partial charge in [0.25, 0.3) is 0 Å². The normalized spacial score (nSPS) is 15.9. The lowest BCUT2D eigenvalue weighted by molar-refractivity contribution is 0.0232. The Morgan fingerprint density at radius 2 is 1.46 bits per heavy atom. The van der Waals surface area contributed by atoms with E-state index in [1.165, 1.54) is 0 Å². The van der Waals surface area contributed by atoms with Gasteiger partial charge in [0.05, 0.1) is 6.61 Å². The van der Waals surface area contributed by atoms with Crippen molar-refractivity contribution in [1.29, 1.82) is 0 Å². The number of benzene rings is 3. The van der Waals surface area contributed by atoms with Crippen molar-refractivity contribution >= 4 is 21.6 Å². The third-order valence-corrected chi connectivity index (χ3v) is 4.95. The van der Waals surface area contributed by atoms with E-state index >= 15 is 0 Å². The van der Waals surface area contributed by atoms with E-state index in [9.17, 15) is 0 Å². The highest BCUT2D eigenvalue weighted by atomic mass is 79.9. The number of anilines is 1. The van der Waals surface area contributed by atoms with Gasteiger partial charge in [-0.1, -0.05) is 76.6 Å². The molecule has 0 amide bonds. The van der Waals surface area contributed by atoms with Crippen molar-refractivity contribution in [1.82, 2.24) is 0 Å². The second-order valence-corrected chi connectivity index (χ2v) is 6.79. The summed E-state index contributed by atoms with van der Waals surface area (Å²) in [4.78, 5) is 0. The van der Waals surface area contributed by atoms with E-state index in [2.05, 4.69) is 88.0 Å². The molecule has 0 unspecified atom stereocenters. The van der Waals surface area contributed by atoms with Crippen molar-refractivity contribution in [3.63, 3.8) is 0 Å². The smallest absolute Gasteiger partial charge is 0.145 e. The average molecular weight is 380 g/mol. The average Bonchev–Trinajstić information content (AvgIpc) is 2.83. The zero-order valence-electron chi connectivity index (χ0n) is 13.2. The van der Waals surface area contributed by atoms with Crippen LogP contribution >= 0.6 is 15.9 Å². The summed E-state index contributed by atoms with van der Waals surface area (Å²) in [5, 5.41) is 3.50. The molecule has 0 spiro atoms. The van der Waals surface area contributed by atoms with E-state index in [0.717, 1.165) is 33.4 Å². The molecule has 1 aliphatic rings. The lowest BCUT2D eigenvalue weighted by Gasteiger charge is -2.35. The van der Waals surface area contributed by atoms with Gasteiger partial charge in [0.15, 0.2) is 0 Å². The van der Waals surface area contributed by atoms with Gasteiger partial charge in [-0.3, -0.25) is 0 Å². The summed E-state index contributed by atoms with van der Waals surface area (Å²) in [5.41, 5.74) is 3.90. The molecule has 0 aromatic heterocycles. The van der Waals surface area contributed by atoms with Crippen LogP contribution in [0.1, 0.15) is 16.7 Å². The van der Waals surface area contributed by atoms with Crippen LogP contribution in [-0.2, 0) is 10.3 Å². The number of ether oxygens (including phenoxy) is 1. The number of hydrogen-bond donors (Lipinski definition) is 1. The van der Waals surface area contributed by atoms with Gasteiger partial charge >= 0.3 is 0 Å². The Hall–Kier alpha value is -2.10. The quantitative estimate of drug-likeness (QED) is 0.661. The molecule has 0 radical (unpaired) electrons. The second kappa shape index (κ2) is 6.42. The summed E-state index contributed by atoms with van der Waals surface area (Å²) in [6, 6.07) is 27.3. The van der Waals surface area contributed by atoms with Crippen LogP contribution in [-0.4, -0.2) is 13.2 Å². The van der Waals surface area contributed by atoms with Gasteiger partial charge < -0.3 is 10.1 Å². The topological polar surface area (TPSA) is 21.3 Å². The minimum absolute atomic E-state index is 0.620. The van der Waals surface area contributed by atoms with Crippen LogP contribution in [0.4, 0.5) is 5.69 Å². The molecule has 0 saturated heterocycles. The molecule has 4 rings (SSSR count). The van der Waals surface area contributed by atoms with Gasteiger partial charge in [0.2, 0.25) is 0 Å². The number of rotatable bonds is 2. The predicted octanol–water partition coefficient (Wildman–Crippen LogP) is 5.18. The molecule has 1 N–H and O–H groups in total. The lowest BCUT2D eigenvalue weighted by Crippen LogP contribution is -2.32. The first-order valence-electron chi connectivity index (χ1n) is 8.09. The third kappa shape index (κ3) is 2.54. The van der Waals surface area contributed by atoms with Crippen molar-refractivity contribution in [3.8, 4) is 0 Å². The van der Waals surface area contributed by atoms with Crippen molar-refractivity contribution in [3.05, 3.63) is 100 Å². The highest BCUT2D eigenvalue weighted by molar-refractivity contribution is 9.10. The van der Waals surface area contributed by atoms with Gasteiger partial charge in [0.1, 0.15) is 5.60 Å². The molecule has 24 heavy (non-hydrogen) atoms. The van der Waals surface area contributed by atoms with Crippen molar-refractivity contribution in [2.24, 2.45) is 0 Å². The Morgan fingerprint density at radius 3 is 2.08 bits per heavy atom. The molecule has 120 valence electrons. The molecular weight excluding hydrogens is 362 g/mol. The Balaban J connectivity index is 2.06. The maximum absolute atomic E-state index is 6.56. The maximum Gasteiger partial charge on any atom is 0.145 e. The highest BCUT2D eigenvalue weighted by Crippen LogP contribution is 2.45. The summed E-state index contributed by atoms with van der Waals surface area (Å²) in [7, 11) is 0. The van der Waals surface area contributed by atoms with Crippen LogP contribution < -0.4 is 5.32 Å². The minimum atomic E-state index is -0.620. The number of hydrogen-bond acceptors (Lipinski definition) is 2. The lowest BCUT2D eigenvalue weighted by atomic mass is 9.79. The molecule has 0 bridgehead atoms. The van der Waals surface area contributed by atoms with Crippen LogP contribution in [0.3, 0.4) is 0 Å². The summed E-state index contributed by atoms with van der Waals surface area (Å²) in [6.07, 6.45) is 0. The molecule has 2 nitrogen and oxygen atoms in total. The predicted molar refractivity (Wildman–Crippen MR) is 101 cm³/mol. The summed E-state index contributed by atoms with van der Waals surface area (Å²) in [5.74, 6) is 0.